The number of rotatable bonds is 6. The Morgan fingerprint density at radius 2 is 1.87 bits per heavy atom. The van der Waals surface area contributed by atoms with Crippen LogP contribution in [-0.4, -0.2) is 18.7 Å². The Kier molecular flexibility index (Phi) is 6.44. The third kappa shape index (κ3) is 5.27. The molecule has 120 valence electrons. The highest BCUT2D eigenvalue weighted by atomic mass is 35.5. The van der Waals surface area contributed by atoms with Gasteiger partial charge in [-0.3, -0.25) is 4.79 Å². The van der Waals surface area contributed by atoms with Crippen LogP contribution >= 0.6 is 23.2 Å². The van der Waals surface area contributed by atoms with Gasteiger partial charge < -0.3 is 4.74 Å². The van der Waals surface area contributed by atoms with Crippen molar-refractivity contribution in [2.24, 2.45) is 5.10 Å². The van der Waals surface area contributed by atoms with Gasteiger partial charge in [0.15, 0.2) is 0 Å². The molecule has 2 aromatic carbocycles. The van der Waals surface area contributed by atoms with E-state index in [1.165, 1.54) is 6.21 Å². The number of hydrazone groups is 1. The summed E-state index contributed by atoms with van der Waals surface area (Å²) in [4.78, 5) is 11.7. The van der Waals surface area contributed by atoms with Crippen LogP contribution in [0.5, 0.6) is 5.75 Å². The predicted molar refractivity (Wildman–Crippen MR) is 93.5 cm³/mol. The van der Waals surface area contributed by atoms with E-state index in [9.17, 15) is 4.79 Å². The van der Waals surface area contributed by atoms with Gasteiger partial charge in [-0.25, -0.2) is 5.43 Å². The third-order valence-corrected chi connectivity index (χ3v) is 3.72. The molecule has 2 aromatic rings. The number of carbonyl (C=O) groups is 1. The lowest BCUT2D eigenvalue weighted by molar-refractivity contribution is -0.121. The van der Waals surface area contributed by atoms with Crippen molar-refractivity contribution in [2.75, 3.05) is 6.61 Å². The molecule has 0 bridgehead atoms. The molecule has 2 rings (SSSR count). The van der Waals surface area contributed by atoms with E-state index in [1.807, 2.05) is 31.2 Å². The molecular formula is C17H16Cl2N2O2. The second kappa shape index (κ2) is 8.56. The first kappa shape index (κ1) is 17.3. The van der Waals surface area contributed by atoms with Gasteiger partial charge in [0.05, 0.1) is 29.3 Å². The molecule has 0 aromatic heterocycles. The van der Waals surface area contributed by atoms with Crippen LogP contribution in [0.1, 0.15) is 17.5 Å². The molecule has 0 saturated carbocycles. The average molecular weight is 351 g/mol. The Hall–Kier alpha value is -2.04. The first-order chi connectivity index (χ1) is 11.1. The summed E-state index contributed by atoms with van der Waals surface area (Å²) in [6.45, 7) is 2.23. The largest absolute Gasteiger partial charge is 0.493 e. The van der Waals surface area contributed by atoms with E-state index in [2.05, 4.69) is 10.5 Å². The Balaban J connectivity index is 1.79. The zero-order chi connectivity index (χ0) is 16.7. The minimum atomic E-state index is -0.252. The molecule has 0 aliphatic carbocycles. The Bertz CT molecular complexity index is 697. The number of amides is 1. The normalized spacial score (nSPS) is 10.7. The van der Waals surface area contributed by atoms with E-state index in [0.29, 0.717) is 15.6 Å². The van der Waals surface area contributed by atoms with Gasteiger partial charge in [-0.1, -0.05) is 47.5 Å². The lowest BCUT2D eigenvalue weighted by atomic mass is 10.2. The molecule has 0 heterocycles. The van der Waals surface area contributed by atoms with Crippen molar-refractivity contribution in [1.29, 1.82) is 0 Å². The smallest absolute Gasteiger partial charge is 0.243 e. The molecule has 0 unspecified atom stereocenters. The van der Waals surface area contributed by atoms with Crippen LogP contribution in [0.15, 0.2) is 47.6 Å². The minimum Gasteiger partial charge on any atom is -0.493 e. The van der Waals surface area contributed by atoms with E-state index >= 15 is 0 Å². The quantitative estimate of drug-likeness (QED) is 0.626. The van der Waals surface area contributed by atoms with Gasteiger partial charge in [-0.05, 0) is 30.7 Å². The highest BCUT2D eigenvalue weighted by Gasteiger charge is 2.04. The van der Waals surface area contributed by atoms with E-state index in [0.717, 1.165) is 11.3 Å². The second-order valence-electron chi connectivity index (χ2n) is 4.79. The Labute approximate surface area is 145 Å². The number of para-hydroxylation sites is 1. The van der Waals surface area contributed by atoms with Crippen LogP contribution in [0.25, 0.3) is 0 Å². The number of nitrogens with one attached hydrogen (secondary N) is 1. The van der Waals surface area contributed by atoms with Crippen molar-refractivity contribution in [1.82, 2.24) is 5.43 Å². The number of ether oxygens (including phenoxy) is 1. The lowest BCUT2D eigenvalue weighted by Crippen LogP contribution is -2.20. The number of halogens is 2. The number of carbonyl (C=O) groups excluding carboxylic acids is 1. The topological polar surface area (TPSA) is 50.7 Å². The predicted octanol–water partition coefficient (Wildman–Crippen LogP) is 4.22. The number of aryl methyl sites for hydroxylation is 1. The molecule has 0 spiro atoms. The maximum Gasteiger partial charge on any atom is 0.243 e. The number of benzene rings is 2. The van der Waals surface area contributed by atoms with Gasteiger partial charge in [0.25, 0.3) is 0 Å². The standard InChI is InChI=1S/C17H16Cl2N2O2/c1-12-5-2-3-8-16(12)23-10-9-17(22)21-20-11-13-14(18)6-4-7-15(13)19/h2-8,11H,9-10H2,1H3,(H,21,22). The second-order valence-corrected chi connectivity index (χ2v) is 5.61. The van der Waals surface area contributed by atoms with Crippen molar-refractivity contribution in [3.05, 3.63) is 63.6 Å². The molecule has 1 amide bonds. The fourth-order valence-corrected chi connectivity index (χ4v) is 2.33. The molecule has 4 nitrogen and oxygen atoms in total. The fourth-order valence-electron chi connectivity index (χ4n) is 1.83. The van der Waals surface area contributed by atoms with Gasteiger partial charge in [-0.2, -0.15) is 5.10 Å². The molecule has 23 heavy (non-hydrogen) atoms. The van der Waals surface area contributed by atoms with Crippen LogP contribution in [0.4, 0.5) is 0 Å². The zero-order valence-electron chi connectivity index (χ0n) is 12.6. The van der Waals surface area contributed by atoms with Crippen molar-refractivity contribution < 1.29 is 9.53 Å². The SMILES string of the molecule is Cc1ccccc1OCCC(=O)NN=Cc1c(Cl)cccc1Cl. The van der Waals surface area contributed by atoms with Crippen molar-refractivity contribution in [3.8, 4) is 5.75 Å². The zero-order valence-corrected chi connectivity index (χ0v) is 14.1. The summed E-state index contributed by atoms with van der Waals surface area (Å²) in [6.07, 6.45) is 1.62. The van der Waals surface area contributed by atoms with E-state index in [1.54, 1.807) is 18.2 Å². The summed E-state index contributed by atoms with van der Waals surface area (Å²) in [5.41, 5.74) is 4.01. The van der Waals surface area contributed by atoms with Gasteiger partial charge >= 0.3 is 0 Å². The molecule has 6 heteroatoms. The summed E-state index contributed by atoms with van der Waals surface area (Å²) in [7, 11) is 0. The van der Waals surface area contributed by atoms with Crippen molar-refractivity contribution in [3.63, 3.8) is 0 Å². The molecule has 0 fully saturated rings. The summed E-state index contributed by atoms with van der Waals surface area (Å²) in [6, 6.07) is 12.8. The van der Waals surface area contributed by atoms with Crippen LogP contribution in [-0.2, 0) is 4.79 Å². The number of hydrogen-bond donors (Lipinski definition) is 1. The molecule has 1 N–H and O–H groups in total. The van der Waals surface area contributed by atoms with E-state index in [-0.39, 0.29) is 18.9 Å². The Morgan fingerprint density at radius 1 is 1.17 bits per heavy atom. The molecule has 0 aliphatic rings. The highest BCUT2D eigenvalue weighted by molar-refractivity contribution is 6.38. The average Bonchev–Trinajstić information content (AvgIpc) is 2.52. The lowest BCUT2D eigenvalue weighted by Gasteiger charge is -2.07. The maximum atomic E-state index is 11.7. The van der Waals surface area contributed by atoms with Gasteiger partial charge in [-0.15, -0.1) is 0 Å². The minimum absolute atomic E-state index is 0.196. The molecule has 0 aliphatic heterocycles. The molecular weight excluding hydrogens is 335 g/mol. The highest BCUT2D eigenvalue weighted by Crippen LogP contribution is 2.22. The van der Waals surface area contributed by atoms with Crippen molar-refractivity contribution in [2.45, 2.75) is 13.3 Å². The van der Waals surface area contributed by atoms with Crippen LogP contribution in [0.2, 0.25) is 10.0 Å². The van der Waals surface area contributed by atoms with Gasteiger partial charge in [0, 0.05) is 5.56 Å². The van der Waals surface area contributed by atoms with Crippen molar-refractivity contribution >= 4 is 35.3 Å². The van der Waals surface area contributed by atoms with Crippen LogP contribution in [0.3, 0.4) is 0 Å². The maximum absolute atomic E-state index is 11.7. The Morgan fingerprint density at radius 3 is 2.57 bits per heavy atom. The summed E-state index contributed by atoms with van der Waals surface area (Å²) >= 11 is 12.0. The first-order valence-electron chi connectivity index (χ1n) is 7.02. The van der Waals surface area contributed by atoms with Gasteiger partial charge in [0.2, 0.25) is 5.91 Å². The molecule has 0 radical (unpaired) electrons. The number of hydrogen-bond acceptors (Lipinski definition) is 3. The van der Waals surface area contributed by atoms with Gasteiger partial charge in [0.1, 0.15) is 5.75 Å². The summed E-state index contributed by atoms with van der Waals surface area (Å²) in [5.74, 6) is 0.518. The van der Waals surface area contributed by atoms with E-state index in [4.69, 9.17) is 27.9 Å². The third-order valence-electron chi connectivity index (χ3n) is 3.06. The summed E-state index contributed by atoms with van der Waals surface area (Å²) in [5, 5.41) is 4.80. The van der Waals surface area contributed by atoms with Crippen LogP contribution in [0, 0.1) is 6.92 Å². The summed E-state index contributed by atoms with van der Waals surface area (Å²) < 4.78 is 5.56. The fraction of sp³-hybridized carbons (Fsp3) is 0.176. The van der Waals surface area contributed by atoms with Crippen LogP contribution < -0.4 is 10.2 Å². The first-order valence-corrected chi connectivity index (χ1v) is 7.78. The molecule has 0 atom stereocenters. The number of nitrogens with zero attached hydrogens (tertiary/aromatic N) is 1. The molecule has 0 saturated heterocycles. The van der Waals surface area contributed by atoms with E-state index < -0.39 is 0 Å². The monoisotopic (exact) mass is 350 g/mol.